The third-order valence-electron chi connectivity index (χ3n) is 22.8. The van der Waals surface area contributed by atoms with Gasteiger partial charge in [0.2, 0.25) is 50.8 Å². The lowest BCUT2D eigenvalue weighted by Gasteiger charge is -2.38. The molecule has 0 aromatic heterocycles. The number of amides is 8. The van der Waals surface area contributed by atoms with Gasteiger partial charge in [0.25, 0.3) is 0 Å². The summed E-state index contributed by atoms with van der Waals surface area (Å²) in [6, 6.07) is 45.5. The predicted molar refractivity (Wildman–Crippen MR) is 460 cm³/mol. The molecule has 8 N–H and O–H groups in total. The number of alkyl carbamates (subject to hydrolysis) is 4. The van der Waals surface area contributed by atoms with Crippen LogP contribution in [0.3, 0.4) is 0 Å². The first-order chi connectivity index (χ1) is 60.7. The van der Waals surface area contributed by atoms with E-state index in [9.17, 15) is 38.4 Å². The zero-order chi connectivity index (χ0) is 86.5. The Labute approximate surface area is 722 Å². The van der Waals surface area contributed by atoms with Crippen molar-refractivity contribution in [3.63, 3.8) is 0 Å². The van der Waals surface area contributed by atoms with Crippen molar-refractivity contribution in [2.45, 2.75) is 207 Å². The minimum Gasteiger partial charge on any atom is -0.457 e. The summed E-state index contributed by atoms with van der Waals surface area (Å²) in [7, 11) is 0. The van der Waals surface area contributed by atoms with E-state index in [0.717, 1.165) is 118 Å². The van der Waals surface area contributed by atoms with Crippen LogP contribution in [0.15, 0.2) is 146 Å². The van der Waals surface area contributed by atoms with Crippen LogP contribution in [0.5, 0.6) is 46.0 Å². The first-order valence-electron chi connectivity index (χ1n) is 43.3. The van der Waals surface area contributed by atoms with Gasteiger partial charge in [0.05, 0.1) is 48.4 Å². The number of benzene rings is 8. The van der Waals surface area contributed by atoms with Crippen molar-refractivity contribution in [3.05, 3.63) is 235 Å². The van der Waals surface area contributed by atoms with Gasteiger partial charge in [-0.2, -0.15) is 0 Å². The molecule has 0 spiro atoms. The molecule has 124 heavy (non-hydrogen) atoms. The second kappa shape index (κ2) is 44.8. The molecule has 28 heteroatoms. The SMILES string of the molecule is CCCCCC1c2cc3c4c(CNC(=O)CNC(=O)OCc5ccccc5)c2OCOc2c1cc1c(c2CNC(=O)CNC(=O)OCc2ccccc2)OCOc2c(cc5c(c2CNC(=O)CNC(=O)OCc2ccccc2)OCOc2c(cc(c(c2CNC(=O)CNC(=O)OCc2ccccc2)OCO4)C3CCCCC)C5CCCCC)C1CCCCC. The fraction of sp³-hybridized carbons (Fsp3) is 0.417. The summed E-state index contributed by atoms with van der Waals surface area (Å²) in [6.45, 7) is 4.14. The average molecular weight is 1700 g/mol. The zero-order valence-corrected chi connectivity index (χ0v) is 71.0. The van der Waals surface area contributed by atoms with Gasteiger partial charge in [0, 0.05) is 68.2 Å². The second-order valence-corrected chi connectivity index (χ2v) is 31.4. The van der Waals surface area contributed by atoms with Crippen LogP contribution in [0.1, 0.15) is 243 Å². The van der Waals surface area contributed by atoms with Crippen LogP contribution < -0.4 is 80.4 Å². The molecule has 0 fully saturated rings. The van der Waals surface area contributed by atoms with Crippen molar-refractivity contribution in [1.29, 1.82) is 0 Å². The molecule has 8 bridgehead atoms. The van der Waals surface area contributed by atoms with Gasteiger partial charge in [-0.05, 0) is 72.2 Å². The van der Waals surface area contributed by atoms with Crippen LogP contribution in [-0.2, 0) is 90.7 Å². The van der Waals surface area contributed by atoms with Crippen molar-refractivity contribution < 1.29 is 95.2 Å². The minimum atomic E-state index is -0.798. The monoisotopic (exact) mass is 1700 g/mol. The Morgan fingerprint density at radius 3 is 0.629 bits per heavy atom. The summed E-state index contributed by atoms with van der Waals surface area (Å²) < 4.78 is 79.3. The third kappa shape index (κ3) is 23.1. The Bertz CT molecular complexity index is 4280. The average Bonchev–Trinajstić information content (AvgIpc) is 0.719. The fourth-order valence-corrected chi connectivity index (χ4v) is 16.7. The highest BCUT2D eigenvalue weighted by Gasteiger charge is 2.42. The zero-order valence-electron chi connectivity index (χ0n) is 71.0. The molecule has 8 aromatic rings. The molecule has 4 aliphatic heterocycles. The number of nitrogens with one attached hydrogen (secondary N) is 8. The van der Waals surface area contributed by atoms with Gasteiger partial charge in [0.15, 0.2) is 0 Å². The Hall–Kier alpha value is -12.9. The van der Waals surface area contributed by atoms with E-state index < -0.39 is 125 Å². The normalized spacial score (nSPS) is 15.2. The third-order valence-corrected chi connectivity index (χ3v) is 22.8. The molecule has 4 heterocycles. The van der Waals surface area contributed by atoms with E-state index in [1.165, 1.54) is 0 Å². The van der Waals surface area contributed by atoms with Gasteiger partial charge in [-0.25, -0.2) is 19.2 Å². The maximum atomic E-state index is 14.6. The summed E-state index contributed by atoms with van der Waals surface area (Å²) in [6.07, 6.45) is 8.26. The molecule has 0 saturated carbocycles. The number of carbonyl (C=O) groups is 8. The van der Waals surface area contributed by atoms with Crippen LogP contribution >= 0.6 is 0 Å². The summed E-state index contributed by atoms with van der Waals surface area (Å²) in [5.74, 6) is -1.75. The van der Waals surface area contributed by atoms with Crippen molar-refractivity contribution in [3.8, 4) is 46.0 Å². The largest absolute Gasteiger partial charge is 0.457 e. The smallest absolute Gasteiger partial charge is 0.407 e. The molecule has 28 nitrogen and oxygen atoms in total. The standard InChI is InChI=1S/C96H112N8O20/c1-5-9-17-37-65-69-41-71-66(38-18-10-6-2)73-43-75-68(40-20-12-8-4)76-44-74-67(39-19-11-7-3)72-42-70(65)86-78(46-98-82(106)50-102-94(110)114-54-62-31-23-14-24-32-62)88(72)120-59-122-90(74)80(48-100-84(108)52-104-96(112)116-56-64-35-27-16-28-36-64)92(76)124-60-123-91(75)79(47-99-83(107)51-103-95(111)115-55-63-33-25-15-26-34-63)89(73)121-58-119-87(71)77(85(69)117-57-118-86)45-97-81(105)49-101-93(109)113-53-61-29-21-13-22-30-61/h13-16,21-36,41-44,65-68H,5-12,17-20,37-40,45-60H2,1-4H3,(H,97,105)(H,98,106)(H,99,107)(H,100,108)(H,101,109)(H,102,110)(H,103,111)(H,104,112). The van der Waals surface area contributed by atoms with Crippen LogP contribution in [0.2, 0.25) is 0 Å². The van der Waals surface area contributed by atoms with Gasteiger partial charge < -0.3 is 99.4 Å². The Kier molecular flexibility index (Phi) is 32.1. The van der Waals surface area contributed by atoms with E-state index in [1.807, 2.05) is 121 Å². The van der Waals surface area contributed by atoms with Crippen LogP contribution in [0.4, 0.5) is 19.2 Å². The molecule has 0 unspecified atom stereocenters. The Morgan fingerprint density at radius 2 is 0.452 bits per heavy atom. The quantitative estimate of drug-likeness (QED) is 0.0131. The fourth-order valence-electron chi connectivity index (χ4n) is 16.7. The van der Waals surface area contributed by atoms with Crippen LogP contribution in [-0.4, -0.2) is 101 Å². The molecule has 656 valence electrons. The molecule has 5 aliphatic rings. The van der Waals surface area contributed by atoms with Gasteiger partial charge in [-0.15, -0.1) is 0 Å². The number of hydrogen-bond donors (Lipinski definition) is 8. The van der Waals surface area contributed by atoms with Crippen molar-refractivity contribution >= 4 is 48.0 Å². The first kappa shape index (κ1) is 88.9. The van der Waals surface area contributed by atoms with E-state index in [2.05, 4.69) is 94.5 Å². The van der Waals surface area contributed by atoms with Crippen LogP contribution in [0.25, 0.3) is 0 Å². The summed E-state index contributed by atoms with van der Waals surface area (Å²) in [5.41, 5.74) is 10.7. The summed E-state index contributed by atoms with van der Waals surface area (Å²) >= 11 is 0. The van der Waals surface area contributed by atoms with E-state index in [-0.39, 0.29) is 52.6 Å². The van der Waals surface area contributed by atoms with Gasteiger partial charge >= 0.3 is 24.4 Å². The molecule has 13 rings (SSSR count). The minimum absolute atomic E-state index is 0.0223. The molecule has 8 aromatic carbocycles. The molecule has 1 aliphatic carbocycles. The van der Waals surface area contributed by atoms with Crippen molar-refractivity contribution in [2.75, 3.05) is 53.4 Å². The number of rotatable bonds is 40. The van der Waals surface area contributed by atoms with E-state index >= 15 is 0 Å². The maximum absolute atomic E-state index is 14.6. The number of unbranched alkanes of at least 4 members (excludes halogenated alkanes) is 8. The molecule has 0 radical (unpaired) electrons. The lowest BCUT2D eigenvalue weighted by atomic mass is 9.74. The van der Waals surface area contributed by atoms with E-state index in [4.69, 9.17) is 56.8 Å². The van der Waals surface area contributed by atoms with E-state index in [0.29, 0.717) is 120 Å². The van der Waals surface area contributed by atoms with Gasteiger partial charge in [0.1, 0.15) is 98.6 Å². The predicted octanol–water partition coefficient (Wildman–Crippen LogP) is 15.9. The molecular weight excluding hydrogens is 1590 g/mol. The topological polar surface area (TPSA) is 344 Å². The first-order valence-corrected chi connectivity index (χ1v) is 43.3. The lowest BCUT2D eigenvalue weighted by Crippen LogP contribution is -2.37. The molecule has 0 atom stereocenters. The maximum Gasteiger partial charge on any atom is 0.407 e. The molecular formula is C96H112N8O20. The van der Waals surface area contributed by atoms with Gasteiger partial charge in [-0.1, -0.05) is 226 Å². The van der Waals surface area contributed by atoms with Crippen molar-refractivity contribution in [2.24, 2.45) is 0 Å². The lowest BCUT2D eigenvalue weighted by molar-refractivity contribution is -0.121. The Balaban J connectivity index is 1.03. The number of hydrogen-bond acceptors (Lipinski definition) is 20. The number of carbonyl (C=O) groups excluding carboxylic acids is 8. The van der Waals surface area contributed by atoms with E-state index in [1.54, 1.807) is 0 Å². The summed E-state index contributed by atoms with van der Waals surface area (Å²) in [5, 5.41) is 23.0. The second-order valence-electron chi connectivity index (χ2n) is 31.4. The summed E-state index contributed by atoms with van der Waals surface area (Å²) in [4.78, 5) is 112. The highest BCUT2D eigenvalue weighted by atomic mass is 16.7. The molecule has 8 amide bonds. The number of ether oxygens (including phenoxy) is 12. The highest BCUT2D eigenvalue weighted by molar-refractivity contribution is 5.85. The van der Waals surface area contributed by atoms with Crippen molar-refractivity contribution in [1.82, 2.24) is 42.5 Å². The van der Waals surface area contributed by atoms with Crippen LogP contribution in [0, 0.1) is 0 Å². The highest BCUT2D eigenvalue weighted by Crippen LogP contribution is 2.59. The Morgan fingerprint density at radius 1 is 0.266 bits per heavy atom. The molecule has 0 saturated heterocycles. The van der Waals surface area contributed by atoms with Gasteiger partial charge in [-0.3, -0.25) is 19.2 Å².